The van der Waals surface area contributed by atoms with Crippen LogP contribution in [0.5, 0.6) is 0 Å². The van der Waals surface area contributed by atoms with Crippen LogP contribution in [0, 0.1) is 0 Å². The molecule has 23 heavy (non-hydrogen) atoms. The van der Waals surface area contributed by atoms with Crippen LogP contribution >= 0.6 is 0 Å². The van der Waals surface area contributed by atoms with Crippen molar-refractivity contribution in [1.29, 1.82) is 0 Å². The standard InChI is InChI=1S/C17H31N5O/c1-3-5-6-9-19-17(18-4-2)22-12-10-21(11-13-22)14-16(23)20-15-7-8-15/h3,5,15H,4,6-14H2,1-2H3,(H,18,19)(H,20,23)/b5-3+. The summed E-state index contributed by atoms with van der Waals surface area (Å²) in [7, 11) is 0. The molecule has 0 aromatic rings. The summed E-state index contributed by atoms with van der Waals surface area (Å²) >= 11 is 0. The van der Waals surface area contributed by atoms with Crippen molar-refractivity contribution in [2.45, 2.75) is 39.2 Å². The average Bonchev–Trinajstić information content (AvgIpc) is 3.35. The number of nitrogens with one attached hydrogen (secondary N) is 2. The van der Waals surface area contributed by atoms with Gasteiger partial charge in [0.2, 0.25) is 5.91 Å². The molecule has 0 aromatic carbocycles. The summed E-state index contributed by atoms with van der Waals surface area (Å²) in [6.45, 7) is 10.0. The summed E-state index contributed by atoms with van der Waals surface area (Å²) in [5, 5.41) is 6.43. The number of amides is 1. The summed E-state index contributed by atoms with van der Waals surface area (Å²) in [5.41, 5.74) is 0. The van der Waals surface area contributed by atoms with Crippen molar-refractivity contribution in [3.8, 4) is 0 Å². The van der Waals surface area contributed by atoms with E-state index in [2.05, 4.69) is 39.5 Å². The first-order valence-electron chi connectivity index (χ1n) is 8.89. The van der Waals surface area contributed by atoms with Gasteiger partial charge in [0, 0.05) is 45.3 Å². The number of hydrogen-bond acceptors (Lipinski definition) is 3. The molecule has 6 heteroatoms. The van der Waals surface area contributed by atoms with Crippen molar-refractivity contribution >= 4 is 11.9 Å². The fourth-order valence-corrected chi connectivity index (χ4v) is 2.66. The third-order valence-corrected chi connectivity index (χ3v) is 4.11. The molecule has 0 unspecified atom stereocenters. The quantitative estimate of drug-likeness (QED) is 0.315. The lowest BCUT2D eigenvalue weighted by molar-refractivity contribution is -0.122. The molecule has 1 aliphatic heterocycles. The molecule has 0 spiro atoms. The highest BCUT2D eigenvalue weighted by Gasteiger charge is 2.25. The molecule has 2 N–H and O–H groups in total. The predicted molar refractivity (Wildman–Crippen MR) is 94.6 cm³/mol. The van der Waals surface area contributed by atoms with Gasteiger partial charge in [0.25, 0.3) is 0 Å². The molecule has 2 rings (SSSR count). The Morgan fingerprint density at radius 1 is 1.26 bits per heavy atom. The van der Waals surface area contributed by atoms with Crippen LogP contribution in [0.4, 0.5) is 0 Å². The number of guanidine groups is 1. The van der Waals surface area contributed by atoms with E-state index in [-0.39, 0.29) is 5.91 Å². The highest BCUT2D eigenvalue weighted by molar-refractivity contribution is 5.80. The van der Waals surface area contributed by atoms with E-state index >= 15 is 0 Å². The lowest BCUT2D eigenvalue weighted by atomic mass is 10.3. The molecule has 1 aliphatic carbocycles. The van der Waals surface area contributed by atoms with Gasteiger partial charge in [-0.3, -0.25) is 14.7 Å². The molecule has 2 fully saturated rings. The van der Waals surface area contributed by atoms with E-state index in [0.29, 0.717) is 12.6 Å². The average molecular weight is 321 g/mol. The summed E-state index contributed by atoms with van der Waals surface area (Å²) in [6.07, 6.45) is 7.48. The second kappa shape index (κ2) is 9.55. The summed E-state index contributed by atoms with van der Waals surface area (Å²) in [6, 6.07) is 0.452. The van der Waals surface area contributed by atoms with Crippen LogP contribution < -0.4 is 10.6 Å². The molecular weight excluding hydrogens is 290 g/mol. The SMILES string of the molecule is C/C=C/CCN=C(NCC)N1CCN(CC(=O)NC2CC2)CC1. The Labute approximate surface area is 140 Å². The van der Waals surface area contributed by atoms with Crippen LogP contribution in [0.3, 0.4) is 0 Å². The maximum Gasteiger partial charge on any atom is 0.234 e. The van der Waals surface area contributed by atoms with Crippen LogP contribution in [0.25, 0.3) is 0 Å². The maximum atomic E-state index is 11.9. The molecule has 0 atom stereocenters. The Morgan fingerprint density at radius 3 is 2.61 bits per heavy atom. The van der Waals surface area contributed by atoms with E-state index in [4.69, 9.17) is 4.99 Å². The van der Waals surface area contributed by atoms with Crippen molar-refractivity contribution in [2.75, 3.05) is 45.8 Å². The molecular formula is C17H31N5O. The Kier molecular flexibility index (Phi) is 7.39. The number of carbonyl (C=O) groups excluding carboxylic acids is 1. The first-order chi connectivity index (χ1) is 11.2. The fraction of sp³-hybridized carbons (Fsp3) is 0.765. The van der Waals surface area contributed by atoms with Gasteiger partial charge in [0.15, 0.2) is 5.96 Å². The van der Waals surface area contributed by atoms with E-state index in [1.807, 2.05) is 6.92 Å². The van der Waals surface area contributed by atoms with Gasteiger partial charge >= 0.3 is 0 Å². The van der Waals surface area contributed by atoms with Gasteiger partial charge in [-0.2, -0.15) is 0 Å². The molecule has 1 saturated heterocycles. The number of rotatable bonds is 7. The minimum absolute atomic E-state index is 0.174. The van der Waals surface area contributed by atoms with Crippen LogP contribution in [-0.4, -0.2) is 73.5 Å². The molecule has 0 aromatic heterocycles. The third-order valence-electron chi connectivity index (χ3n) is 4.11. The number of nitrogens with zero attached hydrogens (tertiary/aromatic N) is 3. The normalized spacial score (nSPS) is 20.1. The highest BCUT2D eigenvalue weighted by Crippen LogP contribution is 2.18. The van der Waals surface area contributed by atoms with Crippen molar-refractivity contribution < 1.29 is 4.79 Å². The van der Waals surface area contributed by atoms with Gasteiger partial charge in [0.05, 0.1) is 6.54 Å². The number of piperazine rings is 1. The Hall–Kier alpha value is -1.56. The van der Waals surface area contributed by atoms with Crippen LogP contribution in [-0.2, 0) is 4.79 Å². The number of allylic oxidation sites excluding steroid dienone is 1. The van der Waals surface area contributed by atoms with Crippen molar-refractivity contribution in [3.05, 3.63) is 12.2 Å². The monoisotopic (exact) mass is 321 g/mol. The largest absolute Gasteiger partial charge is 0.357 e. The molecule has 130 valence electrons. The van der Waals surface area contributed by atoms with Crippen molar-refractivity contribution in [1.82, 2.24) is 20.4 Å². The molecule has 0 radical (unpaired) electrons. The second-order valence-electron chi connectivity index (χ2n) is 6.20. The van der Waals surface area contributed by atoms with E-state index in [0.717, 1.165) is 64.5 Å². The first kappa shape index (κ1) is 17.8. The van der Waals surface area contributed by atoms with Crippen LogP contribution in [0.1, 0.15) is 33.1 Å². The van der Waals surface area contributed by atoms with Gasteiger partial charge in [-0.05, 0) is 33.1 Å². The van der Waals surface area contributed by atoms with E-state index < -0.39 is 0 Å². The second-order valence-corrected chi connectivity index (χ2v) is 6.20. The molecule has 2 aliphatic rings. The first-order valence-corrected chi connectivity index (χ1v) is 8.89. The van der Waals surface area contributed by atoms with Crippen molar-refractivity contribution in [2.24, 2.45) is 4.99 Å². The zero-order valence-electron chi connectivity index (χ0n) is 14.6. The van der Waals surface area contributed by atoms with Crippen molar-refractivity contribution in [3.63, 3.8) is 0 Å². The molecule has 6 nitrogen and oxygen atoms in total. The minimum atomic E-state index is 0.174. The Balaban J connectivity index is 1.74. The summed E-state index contributed by atoms with van der Waals surface area (Å²) < 4.78 is 0. The maximum absolute atomic E-state index is 11.9. The smallest absolute Gasteiger partial charge is 0.234 e. The summed E-state index contributed by atoms with van der Waals surface area (Å²) in [5.74, 6) is 1.17. The fourth-order valence-electron chi connectivity index (χ4n) is 2.66. The minimum Gasteiger partial charge on any atom is -0.357 e. The number of hydrogen-bond donors (Lipinski definition) is 2. The van der Waals surface area contributed by atoms with E-state index in [1.54, 1.807) is 0 Å². The number of aliphatic imine (C=N–C) groups is 1. The van der Waals surface area contributed by atoms with Gasteiger partial charge in [-0.15, -0.1) is 0 Å². The lowest BCUT2D eigenvalue weighted by Gasteiger charge is -2.36. The third kappa shape index (κ3) is 6.60. The Bertz CT molecular complexity index is 423. The zero-order valence-corrected chi connectivity index (χ0v) is 14.6. The Morgan fingerprint density at radius 2 is 2.00 bits per heavy atom. The van der Waals surface area contributed by atoms with Crippen LogP contribution in [0.2, 0.25) is 0 Å². The number of carbonyl (C=O) groups is 1. The molecule has 1 saturated carbocycles. The predicted octanol–water partition coefficient (Wildman–Crippen LogP) is 0.814. The molecule has 0 bridgehead atoms. The van der Waals surface area contributed by atoms with Crippen LogP contribution in [0.15, 0.2) is 17.1 Å². The lowest BCUT2D eigenvalue weighted by Crippen LogP contribution is -2.54. The van der Waals surface area contributed by atoms with Gasteiger partial charge in [-0.25, -0.2) is 0 Å². The highest BCUT2D eigenvalue weighted by atomic mass is 16.2. The van der Waals surface area contributed by atoms with Gasteiger partial charge in [-0.1, -0.05) is 12.2 Å². The van der Waals surface area contributed by atoms with E-state index in [9.17, 15) is 4.79 Å². The zero-order chi connectivity index (χ0) is 16.5. The topological polar surface area (TPSA) is 60.0 Å². The molecule has 1 heterocycles. The van der Waals surface area contributed by atoms with E-state index in [1.165, 1.54) is 0 Å². The van der Waals surface area contributed by atoms with Gasteiger partial charge < -0.3 is 15.5 Å². The van der Waals surface area contributed by atoms with Gasteiger partial charge in [0.1, 0.15) is 0 Å². The molecule has 1 amide bonds. The summed E-state index contributed by atoms with van der Waals surface area (Å²) in [4.78, 5) is 21.1.